The van der Waals surface area contributed by atoms with Crippen molar-refractivity contribution in [2.45, 2.75) is 13.0 Å². The minimum Gasteiger partial charge on any atom is -0.465 e. The van der Waals surface area contributed by atoms with Crippen molar-refractivity contribution in [1.82, 2.24) is 5.32 Å². The molecule has 1 aromatic carbocycles. The van der Waals surface area contributed by atoms with Gasteiger partial charge in [0, 0.05) is 19.7 Å². The lowest BCUT2D eigenvalue weighted by molar-refractivity contribution is -0.117. The van der Waals surface area contributed by atoms with Gasteiger partial charge in [0.05, 0.1) is 12.4 Å². The van der Waals surface area contributed by atoms with Crippen LogP contribution in [-0.4, -0.2) is 19.6 Å². The van der Waals surface area contributed by atoms with Crippen LogP contribution in [0.2, 0.25) is 0 Å². The first-order valence-corrected chi connectivity index (χ1v) is 6.78. The number of rotatable bonds is 6. The summed E-state index contributed by atoms with van der Waals surface area (Å²) in [6, 6.07) is 11.5. The van der Waals surface area contributed by atoms with Gasteiger partial charge in [0.2, 0.25) is 5.91 Å². The van der Waals surface area contributed by atoms with Crippen LogP contribution in [-0.2, 0) is 9.53 Å². The number of benzene rings is 1. The average molecular weight is 285 g/mol. The Kier molecular flexibility index (Phi) is 5.35. The molecule has 0 fully saturated rings. The standard InChI is InChI=1S/C17H19NO3/c1-13-6-3-4-8-15(13)16(20-2)12-18-17(19)10-9-14-7-5-11-21-14/h3-11,16H,12H2,1-2H3,(H,18,19)/b10-9+. The molecule has 21 heavy (non-hydrogen) atoms. The number of carbonyl (C=O) groups is 1. The van der Waals surface area contributed by atoms with Crippen LogP contribution in [0.1, 0.15) is 23.0 Å². The summed E-state index contributed by atoms with van der Waals surface area (Å²) in [6.45, 7) is 2.45. The molecule has 0 bridgehead atoms. The van der Waals surface area contributed by atoms with Crippen LogP contribution in [0.25, 0.3) is 6.08 Å². The second-order valence-corrected chi connectivity index (χ2v) is 4.67. The zero-order valence-corrected chi connectivity index (χ0v) is 12.2. The van der Waals surface area contributed by atoms with Gasteiger partial charge >= 0.3 is 0 Å². The Morgan fingerprint density at radius 3 is 2.81 bits per heavy atom. The number of nitrogens with one attached hydrogen (secondary N) is 1. The third-order valence-electron chi connectivity index (χ3n) is 3.22. The zero-order chi connectivity index (χ0) is 15.1. The predicted molar refractivity (Wildman–Crippen MR) is 81.7 cm³/mol. The first kappa shape index (κ1) is 15.1. The van der Waals surface area contributed by atoms with Crippen molar-refractivity contribution in [2.24, 2.45) is 0 Å². The number of ether oxygens (including phenoxy) is 1. The lowest BCUT2D eigenvalue weighted by Crippen LogP contribution is -2.27. The van der Waals surface area contributed by atoms with E-state index in [2.05, 4.69) is 5.32 Å². The summed E-state index contributed by atoms with van der Waals surface area (Å²) in [5.74, 6) is 0.467. The molecule has 1 amide bonds. The Bertz CT molecular complexity index is 602. The van der Waals surface area contributed by atoms with Gasteiger partial charge in [0.15, 0.2) is 0 Å². The second kappa shape index (κ2) is 7.45. The van der Waals surface area contributed by atoms with Gasteiger partial charge in [-0.3, -0.25) is 4.79 Å². The molecule has 110 valence electrons. The number of hydrogen-bond acceptors (Lipinski definition) is 3. The van der Waals surface area contributed by atoms with E-state index < -0.39 is 0 Å². The molecule has 0 aliphatic rings. The van der Waals surface area contributed by atoms with Crippen LogP contribution in [0, 0.1) is 6.92 Å². The fraction of sp³-hybridized carbons (Fsp3) is 0.235. The van der Waals surface area contributed by atoms with Gasteiger partial charge in [-0.05, 0) is 36.3 Å². The fourth-order valence-electron chi connectivity index (χ4n) is 2.06. The van der Waals surface area contributed by atoms with Gasteiger partial charge in [-0.25, -0.2) is 0 Å². The summed E-state index contributed by atoms with van der Waals surface area (Å²) in [7, 11) is 1.64. The molecule has 0 aliphatic carbocycles. The predicted octanol–water partition coefficient (Wildman–Crippen LogP) is 3.11. The molecule has 1 N–H and O–H groups in total. The Hall–Kier alpha value is -2.33. The van der Waals surface area contributed by atoms with E-state index in [0.717, 1.165) is 11.1 Å². The normalized spacial score (nSPS) is 12.5. The van der Waals surface area contributed by atoms with Crippen molar-refractivity contribution in [1.29, 1.82) is 0 Å². The van der Waals surface area contributed by atoms with Crippen LogP contribution in [0.3, 0.4) is 0 Å². The van der Waals surface area contributed by atoms with Gasteiger partial charge < -0.3 is 14.5 Å². The van der Waals surface area contributed by atoms with Crippen LogP contribution in [0.4, 0.5) is 0 Å². The fourth-order valence-corrected chi connectivity index (χ4v) is 2.06. The number of furan rings is 1. The SMILES string of the molecule is COC(CNC(=O)/C=C/c1ccco1)c1ccccc1C. The molecule has 4 heteroatoms. The molecule has 1 unspecified atom stereocenters. The molecule has 0 radical (unpaired) electrons. The summed E-state index contributed by atoms with van der Waals surface area (Å²) in [4.78, 5) is 11.8. The van der Waals surface area contributed by atoms with E-state index in [4.69, 9.17) is 9.15 Å². The van der Waals surface area contributed by atoms with E-state index >= 15 is 0 Å². The van der Waals surface area contributed by atoms with E-state index in [1.54, 1.807) is 31.6 Å². The second-order valence-electron chi connectivity index (χ2n) is 4.67. The van der Waals surface area contributed by atoms with Gasteiger partial charge in [0.25, 0.3) is 0 Å². The van der Waals surface area contributed by atoms with Crippen molar-refractivity contribution in [3.63, 3.8) is 0 Å². The third kappa shape index (κ3) is 4.33. The minimum atomic E-state index is -0.179. The van der Waals surface area contributed by atoms with Crippen molar-refractivity contribution in [3.05, 3.63) is 65.6 Å². The van der Waals surface area contributed by atoms with Crippen molar-refractivity contribution < 1.29 is 13.9 Å². The lowest BCUT2D eigenvalue weighted by atomic mass is 10.0. The number of hydrogen-bond donors (Lipinski definition) is 1. The molecule has 0 saturated heterocycles. The molecule has 0 saturated carbocycles. The maximum absolute atomic E-state index is 11.8. The highest BCUT2D eigenvalue weighted by atomic mass is 16.5. The average Bonchev–Trinajstić information content (AvgIpc) is 3.01. The molecule has 0 spiro atoms. The molecule has 1 heterocycles. The van der Waals surface area contributed by atoms with E-state index in [0.29, 0.717) is 12.3 Å². The number of carbonyl (C=O) groups excluding carboxylic acids is 1. The lowest BCUT2D eigenvalue weighted by Gasteiger charge is -2.18. The van der Waals surface area contributed by atoms with E-state index in [9.17, 15) is 4.79 Å². The maximum Gasteiger partial charge on any atom is 0.244 e. The van der Waals surface area contributed by atoms with Crippen molar-refractivity contribution >= 4 is 12.0 Å². The van der Waals surface area contributed by atoms with Gasteiger partial charge in [-0.2, -0.15) is 0 Å². The van der Waals surface area contributed by atoms with E-state index in [1.807, 2.05) is 31.2 Å². The highest BCUT2D eigenvalue weighted by Gasteiger charge is 2.13. The van der Waals surface area contributed by atoms with Gasteiger partial charge in [0.1, 0.15) is 5.76 Å². The Labute approximate surface area is 124 Å². The quantitative estimate of drug-likeness (QED) is 0.830. The summed E-state index contributed by atoms with van der Waals surface area (Å²) < 4.78 is 10.6. The molecular weight excluding hydrogens is 266 g/mol. The summed E-state index contributed by atoms with van der Waals surface area (Å²) in [5, 5.41) is 2.83. The minimum absolute atomic E-state index is 0.160. The Balaban J connectivity index is 1.91. The molecular formula is C17H19NO3. The highest BCUT2D eigenvalue weighted by molar-refractivity contribution is 5.91. The van der Waals surface area contributed by atoms with Crippen LogP contribution >= 0.6 is 0 Å². The first-order valence-electron chi connectivity index (χ1n) is 6.78. The zero-order valence-electron chi connectivity index (χ0n) is 12.2. The molecule has 2 rings (SSSR count). The molecule has 4 nitrogen and oxygen atoms in total. The summed E-state index contributed by atoms with van der Waals surface area (Å²) >= 11 is 0. The van der Waals surface area contributed by atoms with Crippen LogP contribution in [0.5, 0.6) is 0 Å². The maximum atomic E-state index is 11.8. The van der Waals surface area contributed by atoms with Crippen molar-refractivity contribution in [2.75, 3.05) is 13.7 Å². The monoisotopic (exact) mass is 285 g/mol. The highest BCUT2D eigenvalue weighted by Crippen LogP contribution is 2.19. The Morgan fingerprint density at radius 1 is 1.33 bits per heavy atom. The molecule has 0 aliphatic heterocycles. The first-order chi connectivity index (χ1) is 10.2. The van der Waals surface area contributed by atoms with Crippen LogP contribution in [0.15, 0.2) is 53.2 Å². The molecule has 1 aromatic heterocycles. The largest absolute Gasteiger partial charge is 0.465 e. The van der Waals surface area contributed by atoms with Crippen LogP contribution < -0.4 is 5.32 Å². The molecule has 2 aromatic rings. The summed E-state index contributed by atoms with van der Waals surface area (Å²) in [6.07, 6.45) is 4.48. The molecule has 1 atom stereocenters. The number of methoxy groups -OCH3 is 1. The van der Waals surface area contributed by atoms with E-state index in [1.165, 1.54) is 6.08 Å². The smallest absolute Gasteiger partial charge is 0.244 e. The third-order valence-corrected chi connectivity index (χ3v) is 3.22. The number of aryl methyl sites for hydroxylation is 1. The number of amides is 1. The van der Waals surface area contributed by atoms with E-state index in [-0.39, 0.29) is 12.0 Å². The summed E-state index contributed by atoms with van der Waals surface area (Å²) in [5.41, 5.74) is 2.22. The van der Waals surface area contributed by atoms with Crippen molar-refractivity contribution in [3.8, 4) is 0 Å². The topological polar surface area (TPSA) is 51.5 Å². The Morgan fingerprint density at radius 2 is 2.14 bits per heavy atom. The van der Waals surface area contributed by atoms with Gasteiger partial charge in [-0.15, -0.1) is 0 Å². The van der Waals surface area contributed by atoms with Gasteiger partial charge in [-0.1, -0.05) is 24.3 Å².